The normalized spacial score (nSPS) is 31.1. The molecule has 29 heavy (non-hydrogen) atoms. The number of fused-ring (bicyclic) bond motifs is 1. The van der Waals surface area contributed by atoms with Gasteiger partial charge in [0.05, 0.1) is 18.3 Å². The van der Waals surface area contributed by atoms with Crippen LogP contribution in [0.5, 0.6) is 0 Å². The molecule has 2 fully saturated rings. The largest absolute Gasteiger partial charge is 0.410 e. The maximum atomic E-state index is 10.4. The Morgan fingerprint density at radius 1 is 1.10 bits per heavy atom. The number of rotatable bonds is 8. The van der Waals surface area contributed by atoms with Gasteiger partial charge >= 0.3 is 0 Å². The molecule has 1 aromatic rings. The summed E-state index contributed by atoms with van der Waals surface area (Å²) in [5.74, 6) is 0.571. The van der Waals surface area contributed by atoms with Crippen LogP contribution in [0.25, 0.3) is 0 Å². The van der Waals surface area contributed by atoms with E-state index < -0.39 is 14.6 Å². The molecule has 0 amide bonds. The molecule has 0 aromatic heterocycles. The molecule has 164 valence electrons. The first-order valence-electron chi connectivity index (χ1n) is 11.3. The van der Waals surface area contributed by atoms with Gasteiger partial charge in [0.15, 0.2) is 14.6 Å². The fourth-order valence-electron chi connectivity index (χ4n) is 4.73. The first-order valence-corrected chi connectivity index (χ1v) is 14.2. The Bertz CT molecular complexity index is 642. The lowest BCUT2D eigenvalue weighted by Crippen LogP contribution is -2.41. The second kappa shape index (κ2) is 9.19. The third-order valence-corrected chi connectivity index (χ3v) is 12.0. The van der Waals surface area contributed by atoms with Crippen molar-refractivity contribution < 1.29 is 19.4 Å². The molecule has 2 aliphatic rings. The predicted octanol–water partition coefficient (Wildman–Crippen LogP) is 5.41. The summed E-state index contributed by atoms with van der Waals surface area (Å²) in [6, 6.07) is 10.6. The number of benzene rings is 1. The molecule has 0 bridgehead atoms. The highest BCUT2D eigenvalue weighted by molar-refractivity contribution is 6.74. The van der Waals surface area contributed by atoms with Crippen LogP contribution in [0.15, 0.2) is 30.3 Å². The van der Waals surface area contributed by atoms with Crippen molar-refractivity contribution in [1.29, 1.82) is 0 Å². The summed E-state index contributed by atoms with van der Waals surface area (Å²) < 4.78 is 12.4. The zero-order chi connectivity index (χ0) is 21.2. The molecule has 1 aliphatic carbocycles. The summed E-state index contributed by atoms with van der Waals surface area (Å²) in [4.78, 5) is 0. The molecule has 1 saturated carbocycles. The van der Waals surface area contributed by atoms with Crippen LogP contribution >= 0.6 is 0 Å². The molecule has 1 aliphatic heterocycles. The van der Waals surface area contributed by atoms with Crippen molar-refractivity contribution in [3.05, 3.63) is 35.9 Å². The van der Waals surface area contributed by atoms with Crippen molar-refractivity contribution >= 4 is 8.32 Å². The van der Waals surface area contributed by atoms with Crippen LogP contribution in [0.2, 0.25) is 18.1 Å². The van der Waals surface area contributed by atoms with Crippen molar-refractivity contribution in [3.63, 3.8) is 0 Å². The molecule has 2 unspecified atom stereocenters. The van der Waals surface area contributed by atoms with Gasteiger partial charge in [0.2, 0.25) is 0 Å². The van der Waals surface area contributed by atoms with E-state index in [0.717, 1.165) is 25.7 Å². The Kier molecular flexibility index (Phi) is 7.27. The quantitative estimate of drug-likeness (QED) is 0.436. The standard InChI is InChI=1S/C24H40O4Si/c1-24(2,3)29(4,5)28-21(17-11-7-6-8-12-17)14-10-9-13-18-19-15-23(26)27-22(19)16-20(18)25/h6-8,11-12,18-23,25-26H,9-10,13-16H2,1-5H3/t18-,19-,20-,21?,22+,23?/m1/s1. The molecule has 0 radical (unpaired) electrons. The van der Waals surface area contributed by atoms with Gasteiger partial charge in [0.1, 0.15) is 0 Å². The second-order valence-corrected chi connectivity index (χ2v) is 15.3. The summed E-state index contributed by atoms with van der Waals surface area (Å²) in [6.45, 7) is 11.5. The van der Waals surface area contributed by atoms with Gasteiger partial charge in [0, 0.05) is 12.8 Å². The van der Waals surface area contributed by atoms with E-state index >= 15 is 0 Å². The molecular weight excluding hydrogens is 380 g/mol. The van der Waals surface area contributed by atoms with E-state index in [1.165, 1.54) is 5.56 Å². The molecule has 0 spiro atoms. The van der Waals surface area contributed by atoms with Crippen molar-refractivity contribution in [2.45, 2.75) is 102 Å². The van der Waals surface area contributed by atoms with Crippen molar-refractivity contribution in [2.75, 3.05) is 0 Å². The number of ether oxygens (including phenoxy) is 1. The van der Waals surface area contributed by atoms with E-state index in [4.69, 9.17) is 9.16 Å². The molecule has 6 atom stereocenters. The van der Waals surface area contributed by atoms with Crippen molar-refractivity contribution in [2.24, 2.45) is 11.8 Å². The first-order chi connectivity index (χ1) is 13.6. The van der Waals surface area contributed by atoms with Gasteiger partial charge in [-0.15, -0.1) is 0 Å². The Hall–Kier alpha value is -0.723. The molecule has 5 heteroatoms. The highest BCUT2D eigenvalue weighted by Gasteiger charge is 2.48. The average Bonchev–Trinajstić information content (AvgIpc) is 3.12. The smallest absolute Gasteiger partial charge is 0.192 e. The molecule has 2 N–H and O–H groups in total. The lowest BCUT2D eigenvalue weighted by molar-refractivity contribution is -0.0951. The minimum absolute atomic E-state index is 0.0454. The zero-order valence-electron chi connectivity index (χ0n) is 18.8. The van der Waals surface area contributed by atoms with Crippen LogP contribution in [0, 0.1) is 11.8 Å². The second-order valence-electron chi connectivity index (χ2n) is 10.6. The monoisotopic (exact) mass is 420 g/mol. The number of unbranched alkanes of at least 4 members (excludes halogenated alkanes) is 1. The summed E-state index contributed by atoms with van der Waals surface area (Å²) in [5.41, 5.74) is 1.27. The Balaban J connectivity index is 1.56. The van der Waals surface area contributed by atoms with Crippen molar-refractivity contribution in [3.8, 4) is 0 Å². The fourth-order valence-corrected chi connectivity index (χ4v) is 6.05. The Morgan fingerprint density at radius 3 is 2.45 bits per heavy atom. The lowest BCUT2D eigenvalue weighted by atomic mass is 9.87. The van der Waals surface area contributed by atoms with E-state index in [1.807, 2.05) is 0 Å². The van der Waals surface area contributed by atoms with Gasteiger partial charge in [-0.2, -0.15) is 0 Å². The Labute approximate surface area is 177 Å². The van der Waals surface area contributed by atoms with Crippen LogP contribution in [0.4, 0.5) is 0 Å². The molecule has 1 saturated heterocycles. The van der Waals surface area contributed by atoms with Gasteiger partial charge in [0.25, 0.3) is 0 Å². The maximum Gasteiger partial charge on any atom is 0.192 e. The van der Waals surface area contributed by atoms with Gasteiger partial charge in [-0.25, -0.2) is 0 Å². The molecule has 1 heterocycles. The third kappa shape index (κ3) is 5.50. The van der Waals surface area contributed by atoms with Gasteiger partial charge < -0.3 is 19.4 Å². The summed E-state index contributed by atoms with van der Waals surface area (Å²) in [6.07, 6.45) is 4.77. The topological polar surface area (TPSA) is 58.9 Å². The molecule has 1 aromatic carbocycles. The van der Waals surface area contributed by atoms with Crippen LogP contribution in [0.1, 0.15) is 71.0 Å². The number of hydrogen-bond donors (Lipinski definition) is 2. The summed E-state index contributed by atoms with van der Waals surface area (Å²) >= 11 is 0. The van der Waals surface area contributed by atoms with Crippen LogP contribution in [-0.2, 0) is 9.16 Å². The van der Waals surface area contributed by atoms with Crippen LogP contribution < -0.4 is 0 Å². The van der Waals surface area contributed by atoms with E-state index in [9.17, 15) is 10.2 Å². The Morgan fingerprint density at radius 2 is 1.79 bits per heavy atom. The minimum Gasteiger partial charge on any atom is -0.410 e. The molecular formula is C24H40O4Si. The third-order valence-electron chi connectivity index (χ3n) is 7.47. The minimum atomic E-state index is -1.86. The number of aliphatic hydroxyl groups excluding tert-OH is 2. The molecule has 4 nitrogen and oxygen atoms in total. The van der Waals surface area contributed by atoms with E-state index in [0.29, 0.717) is 18.8 Å². The van der Waals surface area contributed by atoms with Gasteiger partial charge in [-0.1, -0.05) is 63.9 Å². The SMILES string of the molecule is CC(C)(C)[Si](C)(C)OC(CCCC[C@@H]1[C@H]2CC(O)O[C@H]2C[C@H]1O)c1ccccc1. The fraction of sp³-hybridized carbons (Fsp3) is 0.750. The summed E-state index contributed by atoms with van der Waals surface area (Å²) in [7, 11) is -1.86. The summed E-state index contributed by atoms with van der Waals surface area (Å²) in [5, 5.41) is 20.4. The van der Waals surface area contributed by atoms with E-state index in [2.05, 4.69) is 64.2 Å². The van der Waals surface area contributed by atoms with Gasteiger partial charge in [-0.05, 0) is 48.4 Å². The molecule has 3 rings (SSSR count). The highest BCUT2D eigenvalue weighted by atomic mass is 28.4. The zero-order valence-corrected chi connectivity index (χ0v) is 19.8. The number of hydrogen-bond acceptors (Lipinski definition) is 4. The van der Waals surface area contributed by atoms with Crippen LogP contribution in [0.3, 0.4) is 0 Å². The van der Waals surface area contributed by atoms with Gasteiger partial charge in [-0.3, -0.25) is 0 Å². The van der Waals surface area contributed by atoms with E-state index in [-0.39, 0.29) is 29.3 Å². The lowest BCUT2D eigenvalue weighted by Gasteiger charge is -2.39. The first kappa shape index (κ1) is 23.0. The van der Waals surface area contributed by atoms with Crippen molar-refractivity contribution in [1.82, 2.24) is 0 Å². The number of aliphatic hydroxyl groups is 2. The van der Waals surface area contributed by atoms with E-state index in [1.54, 1.807) is 0 Å². The average molecular weight is 421 g/mol. The predicted molar refractivity (Wildman–Crippen MR) is 119 cm³/mol. The maximum absolute atomic E-state index is 10.4. The van der Waals surface area contributed by atoms with Crippen LogP contribution in [-0.4, -0.2) is 37.0 Å². The highest BCUT2D eigenvalue weighted by Crippen LogP contribution is 2.45.